The fourth-order valence-corrected chi connectivity index (χ4v) is 3.13. The van der Waals surface area contributed by atoms with Gasteiger partial charge >= 0.3 is 0 Å². The number of benzene rings is 2. The van der Waals surface area contributed by atoms with Gasteiger partial charge in [-0.1, -0.05) is 40.9 Å². The van der Waals surface area contributed by atoms with Gasteiger partial charge in [-0.05, 0) is 54.3 Å². The quantitative estimate of drug-likeness (QED) is 0.668. The monoisotopic (exact) mass is 324 g/mol. The van der Waals surface area contributed by atoms with Crippen molar-refractivity contribution in [2.24, 2.45) is 5.92 Å². The summed E-state index contributed by atoms with van der Waals surface area (Å²) < 4.78 is 0. The average Bonchev–Trinajstić information content (AvgIpc) is 3.19. The van der Waals surface area contributed by atoms with E-state index in [0.717, 1.165) is 12.0 Å². The van der Waals surface area contributed by atoms with Gasteiger partial charge in [-0.2, -0.15) is 0 Å². The number of hydrogen-bond acceptors (Lipinski definition) is 1. The molecule has 0 aromatic heterocycles. The van der Waals surface area contributed by atoms with Crippen molar-refractivity contribution in [3.63, 3.8) is 0 Å². The van der Waals surface area contributed by atoms with E-state index in [1.165, 1.54) is 0 Å². The van der Waals surface area contributed by atoms with E-state index >= 15 is 0 Å². The normalized spacial score (nSPS) is 20.8. The number of Topliss-reactive ketones (excluding diaryl/α,β-unsaturated/α-hetero) is 1. The maximum absolute atomic E-state index is 12.4. The molecule has 0 saturated heterocycles. The minimum absolute atomic E-state index is 0.00912. The number of hydrogen-bond donors (Lipinski definition) is 0. The van der Waals surface area contributed by atoms with Crippen LogP contribution in [-0.4, -0.2) is 5.78 Å². The maximum atomic E-state index is 12.4. The Balaban J connectivity index is 1.78. The first-order valence-corrected chi connectivity index (χ1v) is 7.44. The molecule has 2 aromatic rings. The number of ketones is 1. The molecule has 0 spiro atoms. The third-order valence-corrected chi connectivity index (χ3v) is 4.43. The van der Waals surface area contributed by atoms with Crippen molar-refractivity contribution in [1.82, 2.24) is 0 Å². The van der Waals surface area contributed by atoms with Gasteiger partial charge in [0.2, 0.25) is 0 Å². The van der Waals surface area contributed by atoms with E-state index < -0.39 is 0 Å². The Kier molecular flexibility index (Phi) is 3.76. The van der Waals surface area contributed by atoms with Gasteiger partial charge in [0.25, 0.3) is 0 Å². The molecule has 0 aliphatic heterocycles. The predicted molar refractivity (Wildman–Crippen MR) is 83.1 cm³/mol. The molecule has 102 valence electrons. The van der Waals surface area contributed by atoms with E-state index in [1.807, 2.05) is 12.1 Å². The van der Waals surface area contributed by atoms with Crippen molar-refractivity contribution in [2.75, 3.05) is 0 Å². The first kappa shape index (κ1) is 13.9. The van der Waals surface area contributed by atoms with Gasteiger partial charge < -0.3 is 0 Å². The molecule has 1 aliphatic rings. The smallest absolute Gasteiger partial charge is 0.166 e. The standard InChI is InChI=1S/C16H11Cl3O/c17-10-3-1-9(2-4-10)16(20)14-8-13(14)12-6-5-11(18)7-15(12)19/h1-7,13-14H,8H2/t13-,14-/m0/s1. The van der Waals surface area contributed by atoms with Crippen molar-refractivity contribution in [3.05, 3.63) is 68.7 Å². The van der Waals surface area contributed by atoms with Crippen molar-refractivity contribution < 1.29 is 4.79 Å². The molecule has 0 radical (unpaired) electrons. The average molecular weight is 326 g/mol. The highest BCUT2D eigenvalue weighted by Gasteiger charge is 2.44. The lowest BCUT2D eigenvalue weighted by Gasteiger charge is -2.04. The maximum Gasteiger partial charge on any atom is 0.166 e. The summed E-state index contributed by atoms with van der Waals surface area (Å²) in [4.78, 5) is 12.4. The SMILES string of the molecule is O=C(c1ccc(Cl)cc1)[C@H]1C[C@H]1c1ccc(Cl)cc1Cl. The lowest BCUT2D eigenvalue weighted by atomic mass is 10.0. The fourth-order valence-electron chi connectivity index (χ4n) is 2.46. The summed E-state index contributed by atoms with van der Waals surface area (Å²) in [5.41, 5.74) is 1.70. The van der Waals surface area contributed by atoms with Crippen LogP contribution in [0.5, 0.6) is 0 Å². The molecule has 1 nitrogen and oxygen atoms in total. The van der Waals surface area contributed by atoms with Gasteiger partial charge in [0.05, 0.1) is 0 Å². The summed E-state index contributed by atoms with van der Waals surface area (Å²) in [6.07, 6.45) is 0.836. The molecule has 0 heterocycles. The summed E-state index contributed by atoms with van der Waals surface area (Å²) in [6, 6.07) is 12.5. The van der Waals surface area contributed by atoms with Crippen LogP contribution in [0, 0.1) is 5.92 Å². The summed E-state index contributed by atoms with van der Waals surface area (Å²) in [6.45, 7) is 0. The minimum atomic E-state index is 0.00912. The van der Waals surface area contributed by atoms with Crippen LogP contribution in [0.2, 0.25) is 15.1 Å². The van der Waals surface area contributed by atoms with Gasteiger partial charge in [0.15, 0.2) is 5.78 Å². The summed E-state index contributed by atoms with van der Waals surface area (Å²) in [5.74, 6) is 0.357. The minimum Gasteiger partial charge on any atom is -0.294 e. The zero-order valence-corrected chi connectivity index (χ0v) is 12.7. The van der Waals surface area contributed by atoms with Crippen molar-refractivity contribution in [2.45, 2.75) is 12.3 Å². The number of halogens is 3. The predicted octanol–water partition coefficient (Wildman–Crippen LogP) is 5.63. The topological polar surface area (TPSA) is 17.1 Å². The van der Waals surface area contributed by atoms with E-state index in [9.17, 15) is 4.79 Å². The van der Waals surface area contributed by atoms with Crippen LogP contribution in [0.15, 0.2) is 42.5 Å². The second-order valence-electron chi connectivity index (χ2n) is 4.99. The van der Waals surface area contributed by atoms with Gasteiger partial charge in [-0.15, -0.1) is 0 Å². The van der Waals surface area contributed by atoms with Crippen LogP contribution in [0.3, 0.4) is 0 Å². The van der Waals surface area contributed by atoms with E-state index in [2.05, 4.69) is 0 Å². The molecular weight excluding hydrogens is 315 g/mol. The molecule has 1 aliphatic carbocycles. The third kappa shape index (κ3) is 2.71. The van der Waals surface area contributed by atoms with Crippen molar-refractivity contribution in [3.8, 4) is 0 Å². The van der Waals surface area contributed by atoms with Crippen LogP contribution in [-0.2, 0) is 0 Å². The molecule has 1 fully saturated rings. The lowest BCUT2D eigenvalue weighted by Crippen LogP contribution is -2.03. The Morgan fingerprint density at radius 1 is 0.950 bits per heavy atom. The van der Waals surface area contributed by atoms with Gasteiger partial charge in [0, 0.05) is 26.5 Å². The molecule has 2 aromatic carbocycles. The van der Waals surface area contributed by atoms with Crippen molar-refractivity contribution in [1.29, 1.82) is 0 Å². The summed E-state index contributed by atoms with van der Waals surface area (Å²) in [7, 11) is 0. The first-order chi connectivity index (χ1) is 9.56. The molecule has 2 atom stereocenters. The largest absolute Gasteiger partial charge is 0.294 e. The molecule has 4 heteroatoms. The number of carbonyl (C=O) groups is 1. The molecule has 0 N–H and O–H groups in total. The van der Waals surface area contributed by atoms with E-state index in [4.69, 9.17) is 34.8 Å². The fraction of sp³-hybridized carbons (Fsp3) is 0.188. The highest BCUT2D eigenvalue weighted by molar-refractivity contribution is 6.35. The Morgan fingerprint density at radius 3 is 2.25 bits per heavy atom. The van der Waals surface area contributed by atoms with Crippen LogP contribution >= 0.6 is 34.8 Å². The molecule has 0 amide bonds. The first-order valence-electron chi connectivity index (χ1n) is 6.31. The van der Waals surface area contributed by atoms with Gasteiger partial charge in [0.1, 0.15) is 0 Å². The second-order valence-corrected chi connectivity index (χ2v) is 6.27. The Labute approximate surface area is 132 Å². The highest BCUT2D eigenvalue weighted by Crippen LogP contribution is 2.51. The second kappa shape index (κ2) is 5.40. The Bertz CT molecular complexity index is 664. The van der Waals surface area contributed by atoms with E-state index in [-0.39, 0.29) is 17.6 Å². The lowest BCUT2D eigenvalue weighted by molar-refractivity contribution is 0.0965. The zero-order valence-electron chi connectivity index (χ0n) is 10.4. The van der Waals surface area contributed by atoms with Gasteiger partial charge in [-0.25, -0.2) is 0 Å². The van der Waals surface area contributed by atoms with Crippen LogP contribution < -0.4 is 0 Å². The zero-order chi connectivity index (χ0) is 14.3. The summed E-state index contributed by atoms with van der Waals surface area (Å²) in [5, 5.41) is 1.88. The van der Waals surface area contributed by atoms with E-state index in [1.54, 1.807) is 30.3 Å². The number of rotatable bonds is 3. The molecule has 3 rings (SSSR count). The van der Waals surface area contributed by atoms with Crippen molar-refractivity contribution >= 4 is 40.6 Å². The Hall–Kier alpha value is -1.02. The molecule has 1 saturated carbocycles. The van der Waals surface area contributed by atoms with Gasteiger partial charge in [-0.3, -0.25) is 4.79 Å². The third-order valence-electron chi connectivity index (χ3n) is 3.62. The van der Waals surface area contributed by atoms with Crippen LogP contribution in [0.1, 0.15) is 28.3 Å². The molecule has 0 bridgehead atoms. The highest BCUT2D eigenvalue weighted by atomic mass is 35.5. The van der Waals surface area contributed by atoms with E-state index in [0.29, 0.717) is 20.6 Å². The Morgan fingerprint density at radius 2 is 1.60 bits per heavy atom. The molecule has 0 unspecified atom stereocenters. The molecule has 20 heavy (non-hydrogen) atoms. The summed E-state index contributed by atoms with van der Waals surface area (Å²) >= 11 is 17.9. The molecular formula is C16H11Cl3O. The van der Waals surface area contributed by atoms with Crippen LogP contribution in [0.25, 0.3) is 0 Å². The van der Waals surface area contributed by atoms with Crippen LogP contribution in [0.4, 0.5) is 0 Å². The number of carbonyl (C=O) groups excluding carboxylic acids is 1.